The van der Waals surface area contributed by atoms with E-state index < -0.39 is 6.10 Å². The number of methoxy groups -OCH3 is 1. The lowest BCUT2D eigenvalue weighted by Gasteiger charge is -2.26. The molecule has 0 aliphatic carbocycles. The van der Waals surface area contributed by atoms with Gasteiger partial charge in [-0.25, -0.2) is 0 Å². The molecule has 0 aliphatic heterocycles. The highest BCUT2D eigenvalue weighted by Crippen LogP contribution is 2.17. The summed E-state index contributed by atoms with van der Waals surface area (Å²) in [6.07, 6.45) is 0.566. The van der Waals surface area contributed by atoms with Gasteiger partial charge in [-0.15, -0.1) is 0 Å². The van der Waals surface area contributed by atoms with Gasteiger partial charge in [0, 0.05) is 13.1 Å². The first-order valence-corrected chi connectivity index (χ1v) is 9.69. The van der Waals surface area contributed by atoms with Gasteiger partial charge in [0.2, 0.25) is 0 Å². The Bertz CT molecular complexity index is 670. The number of aliphatic hydroxyl groups excluding tert-OH is 1. The molecule has 0 fully saturated rings. The fourth-order valence-electron chi connectivity index (χ4n) is 2.92. The van der Waals surface area contributed by atoms with Crippen LogP contribution in [-0.4, -0.2) is 42.9 Å². The minimum Gasteiger partial charge on any atom is -0.497 e. The van der Waals surface area contributed by atoms with E-state index in [1.165, 1.54) is 5.56 Å². The number of rotatable bonds is 11. The highest BCUT2D eigenvalue weighted by atomic mass is 16.5. The summed E-state index contributed by atoms with van der Waals surface area (Å²) in [4.78, 5) is 2.30. The molecule has 2 rings (SSSR count). The number of ether oxygens (including phenoxy) is 2. The molecule has 0 radical (unpaired) electrons. The smallest absolute Gasteiger partial charge is 0.122 e. The van der Waals surface area contributed by atoms with Crippen molar-refractivity contribution in [3.8, 4) is 11.5 Å². The van der Waals surface area contributed by atoms with Crippen LogP contribution in [0, 0.1) is 12.8 Å². The standard InChI is InChI=1S/C23H33NO3/c1-18(2)13-14-24(15-20-9-11-22(26-4)12-10-20)16-21(25)17-27-23-8-6-5-7-19(23)3/h5-12,18,21,25H,13-17H2,1-4H3. The third-order valence-corrected chi connectivity index (χ3v) is 4.58. The van der Waals surface area contributed by atoms with Crippen molar-refractivity contribution < 1.29 is 14.6 Å². The summed E-state index contributed by atoms with van der Waals surface area (Å²) in [5.41, 5.74) is 2.30. The maximum Gasteiger partial charge on any atom is 0.122 e. The van der Waals surface area contributed by atoms with Gasteiger partial charge in [-0.2, -0.15) is 0 Å². The summed E-state index contributed by atoms with van der Waals surface area (Å²) >= 11 is 0. The Labute approximate surface area is 163 Å². The Hall–Kier alpha value is -2.04. The van der Waals surface area contributed by atoms with E-state index in [-0.39, 0.29) is 0 Å². The molecular weight excluding hydrogens is 338 g/mol. The van der Waals surface area contributed by atoms with Gasteiger partial charge in [0.15, 0.2) is 0 Å². The van der Waals surface area contributed by atoms with Gasteiger partial charge < -0.3 is 14.6 Å². The topological polar surface area (TPSA) is 41.9 Å². The van der Waals surface area contributed by atoms with Crippen molar-refractivity contribution in [2.24, 2.45) is 5.92 Å². The van der Waals surface area contributed by atoms with Gasteiger partial charge >= 0.3 is 0 Å². The van der Waals surface area contributed by atoms with Gasteiger partial charge in [0.1, 0.15) is 24.2 Å². The van der Waals surface area contributed by atoms with Crippen molar-refractivity contribution >= 4 is 0 Å². The zero-order valence-electron chi connectivity index (χ0n) is 17.0. The summed E-state index contributed by atoms with van der Waals surface area (Å²) in [5, 5.41) is 10.5. The van der Waals surface area contributed by atoms with Crippen molar-refractivity contribution in [2.75, 3.05) is 26.8 Å². The molecule has 0 bridgehead atoms. The molecule has 4 nitrogen and oxygen atoms in total. The SMILES string of the molecule is COc1ccc(CN(CCC(C)C)CC(O)COc2ccccc2C)cc1. The first-order valence-electron chi connectivity index (χ1n) is 9.69. The molecule has 0 saturated carbocycles. The fourth-order valence-corrected chi connectivity index (χ4v) is 2.92. The van der Waals surface area contributed by atoms with Crippen LogP contribution in [0.25, 0.3) is 0 Å². The average Bonchev–Trinajstić information content (AvgIpc) is 2.66. The molecule has 1 N–H and O–H groups in total. The van der Waals surface area contributed by atoms with Gasteiger partial charge in [0.05, 0.1) is 7.11 Å². The monoisotopic (exact) mass is 371 g/mol. The lowest BCUT2D eigenvalue weighted by molar-refractivity contribution is 0.0637. The number of hydrogen-bond acceptors (Lipinski definition) is 4. The van der Waals surface area contributed by atoms with E-state index >= 15 is 0 Å². The molecule has 2 aromatic rings. The van der Waals surface area contributed by atoms with Crippen LogP contribution in [0.15, 0.2) is 48.5 Å². The number of benzene rings is 2. The predicted octanol–water partition coefficient (Wildman–Crippen LogP) is 4.29. The van der Waals surface area contributed by atoms with E-state index in [1.807, 2.05) is 43.3 Å². The zero-order valence-corrected chi connectivity index (χ0v) is 17.0. The molecule has 2 aromatic carbocycles. The van der Waals surface area contributed by atoms with Crippen LogP contribution in [0.4, 0.5) is 0 Å². The van der Waals surface area contributed by atoms with Crippen LogP contribution in [0.3, 0.4) is 0 Å². The van der Waals surface area contributed by atoms with Crippen LogP contribution in [0.2, 0.25) is 0 Å². The van der Waals surface area contributed by atoms with Crippen molar-refractivity contribution in [3.63, 3.8) is 0 Å². The number of nitrogens with zero attached hydrogens (tertiary/aromatic N) is 1. The predicted molar refractivity (Wildman–Crippen MR) is 110 cm³/mol. The summed E-state index contributed by atoms with van der Waals surface area (Å²) < 4.78 is 11.0. The minimum atomic E-state index is -0.532. The van der Waals surface area contributed by atoms with E-state index in [1.54, 1.807) is 7.11 Å². The van der Waals surface area contributed by atoms with E-state index in [0.29, 0.717) is 19.1 Å². The normalized spacial score (nSPS) is 12.4. The van der Waals surface area contributed by atoms with Gasteiger partial charge in [-0.1, -0.05) is 44.2 Å². The summed E-state index contributed by atoms with van der Waals surface area (Å²) in [5.74, 6) is 2.32. The summed E-state index contributed by atoms with van der Waals surface area (Å²) in [6.45, 7) is 9.10. The molecule has 1 atom stereocenters. The number of aliphatic hydroxyl groups is 1. The van der Waals surface area contributed by atoms with Crippen molar-refractivity contribution in [1.82, 2.24) is 4.90 Å². The molecule has 27 heavy (non-hydrogen) atoms. The molecule has 1 unspecified atom stereocenters. The Balaban J connectivity index is 1.92. The first kappa shape index (κ1) is 21.3. The molecule has 0 aromatic heterocycles. The summed E-state index contributed by atoms with van der Waals surface area (Å²) in [6, 6.07) is 16.0. The fraction of sp³-hybridized carbons (Fsp3) is 0.478. The second-order valence-electron chi connectivity index (χ2n) is 7.50. The Morgan fingerprint density at radius 3 is 2.37 bits per heavy atom. The maximum atomic E-state index is 10.5. The molecule has 4 heteroatoms. The molecule has 0 spiro atoms. The largest absolute Gasteiger partial charge is 0.497 e. The lowest BCUT2D eigenvalue weighted by Crippen LogP contribution is -2.36. The molecule has 148 valence electrons. The third kappa shape index (κ3) is 7.61. The average molecular weight is 372 g/mol. The van der Waals surface area contributed by atoms with Crippen LogP contribution in [0.5, 0.6) is 11.5 Å². The highest BCUT2D eigenvalue weighted by Gasteiger charge is 2.14. The second-order valence-corrected chi connectivity index (χ2v) is 7.50. The van der Waals surface area contributed by atoms with Crippen molar-refractivity contribution in [2.45, 2.75) is 39.8 Å². The van der Waals surface area contributed by atoms with E-state index in [2.05, 4.69) is 30.9 Å². The summed E-state index contributed by atoms with van der Waals surface area (Å²) in [7, 11) is 1.68. The van der Waals surface area contributed by atoms with Crippen LogP contribution >= 0.6 is 0 Å². The Morgan fingerprint density at radius 2 is 1.74 bits per heavy atom. The molecule has 0 aliphatic rings. The van der Waals surface area contributed by atoms with Crippen molar-refractivity contribution in [3.05, 3.63) is 59.7 Å². The van der Waals surface area contributed by atoms with Crippen molar-refractivity contribution in [1.29, 1.82) is 0 Å². The lowest BCUT2D eigenvalue weighted by atomic mass is 10.1. The van der Waals surface area contributed by atoms with Crippen LogP contribution in [0.1, 0.15) is 31.4 Å². The number of aryl methyl sites for hydroxylation is 1. The number of para-hydroxylation sites is 1. The quantitative estimate of drug-likeness (QED) is 0.640. The van der Waals surface area contributed by atoms with E-state index in [0.717, 1.165) is 36.6 Å². The van der Waals surface area contributed by atoms with Gasteiger partial charge in [0.25, 0.3) is 0 Å². The molecule has 0 amide bonds. The maximum absolute atomic E-state index is 10.5. The third-order valence-electron chi connectivity index (χ3n) is 4.58. The second kappa shape index (κ2) is 11.0. The van der Waals surface area contributed by atoms with E-state index in [4.69, 9.17) is 9.47 Å². The Kier molecular flexibility index (Phi) is 8.62. The van der Waals surface area contributed by atoms with Gasteiger partial charge in [-0.3, -0.25) is 4.90 Å². The van der Waals surface area contributed by atoms with Crippen LogP contribution in [-0.2, 0) is 6.54 Å². The number of hydrogen-bond donors (Lipinski definition) is 1. The van der Waals surface area contributed by atoms with Gasteiger partial charge in [-0.05, 0) is 55.1 Å². The molecule has 0 saturated heterocycles. The molecular formula is C23H33NO3. The minimum absolute atomic E-state index is 0.297. The van der Waals surface area contributed by atoms with E-state index in [9.17, 15) is 5.11 Å². The Morgan fingerprint density at radius 1 is 1.04 bits per heavy atom. The first-order chi connectivity index (χ1) is 13.0. The highest BCUT2D eigenvalue weighted by molar-refractivity contribution is 5.31. The zero-order chi connectivity index (χ0) is 19.6. The van der Waals surface area contributed by atoms with Crippen LogP contribution < -0.4 is 9.47 Å². The molecule has 0 heterocycles.